The highest BCUT2D eigenvalue weighted by molar-refractivity contribution is 5.84. The third-order valence-corrected chi connectivity index (χ3v) is 3.38. The number of hydrogen-bond donors (Lipinski definition) is 0. The minimum Gasteiger partial charge on any atom is -0.245 e. The molecule has 0 amide bonds. The van der Waals surface area contributed by atoms with Crippen LogP contribution in [0.4, 0.5) is 0 Å². The molecule has 0 bridgehead atoms. The Labute approximate surface area is 117 Å². The van der Waals surface area contributed by atoms with Crippen LogP contribution in [0, 0.1) is 18.3 Å². The van der Waals surface area contributed by atoms with Gasteiger partial charge in [0, 0.05) is 6.20 Å². The number of nitrogens with zero attached hydrogens (tertiary/aromatic N) is 3. The first kappa shape index (κ1) is 12.3. The standard InChI is InChI=1S/C17H13N3/c1-12-2-3-14-9-15(5-4-13(14)8-12)16(10-18)17-6-7-19-11-20-17/h2-9,11,16H,1H3. The van der Waals surface area contributed by atoms with Crippen LogP contribution < -0.4 is 0 Å². The summed E-state index contributed by atoms with van der Waals surface area (Å²) in [7, 11) is 0. The van der Waals surface area contributed by atoms with E-state index in [4.69, 9.17) is 0 Å². The van der Waals surface area contributed by atoms with Gasteiger partial charge in [-0.1, -0.05) is 35.9 Å². The van der Waals surface area contributed by atoms with Crippen molar-refractivity contribution in [1.82, 2.24) is 9.97 Å². The predicted octanol–water partition coefficient (Wildman–Crippen LogP) is 3.59. The van der Waals surface area contributed by atoms with Crippen molar-refractivity contribution in [1.29, 1.82) is 5.26 Å². The summed E-state index contributed by atoms with van der Waals surface area (Å²) in [5.74, 6) is -0.358. The quantitative estimate of drug-likeness (QED) is 0.706. The van der Waals surface area contributed by atoms with Crippen molar-refractivity contribution in [3.8, 4) is 6.07 Å². The van der Waals surface area contributed by atoms with E-state index in [9.17, 15) is 5.26 Å². The summed E-state index contributed by atoms with van der Waals surface area (Å²) in [6.07, 6.45) is 3.14. The number of aromatic nitrogens is 2. The molecule has 1 atom stereocenters. The second-order valence-electron chi connectivity index (χ2n) is 4.81. The van der Waals surface area contributed by atoms with Gasteiger partial charge in [-0.3, -0.25) is 0 Å². The molecule has 3 heteroatoms. The van der Waals surface area contributed by atoms with Crippen molar-refractivity contribution in [3.05, 3.63) is 71.8 Å². The molecule has 2 aromatic carbocycles. The van der Waals surface area contributed by atoms with Gasteiger partial charge in [0.05, 0.1) is 11.8 Å². The molecule has 96 valence electrons. The van der Waals surface area contributed by atoms with Gasteiger partial charge in [0.15, 0.2) is 0 Å². The van der Waals surface area contributed by atoms with Crippen LogP contribution in [-0.2, 0) is 0 Å². The van der Waals surface area contributed by atoms with Gasteiger partial charge in [-0.15, -0.1) is 0 Å². The lowest BCUT2D eigenvalue weighted by molar-refractivity contribution is 0.945. The zero-order valence-electron chi connectivity index (χ0n) is 11.1. The minimum absolute atomic E-state index is 0.358. The second kappa shape index (κ2) is 5.10. The first-order valence-corrected chi connectivity index (χ1v) is 6.44. The molecule has 1 unspecified atom stereocenters. The van der Waals surface area contributed by atoms with Crippen LogP contribution in [0.2, 0.25) is 0 Å². The highest BCUT2D eigenvalue weighted by atomic mass is 14.8. The number of nitriles is 1. The van der Waals surface area contributed by atoms with E-state index in [1.54, 1.807) is 12.3 Å². The topological polar surface area (TPSA) is 49.6 Å². The molecule has 0 aliphatic rings. The van der Waals surface area contributed by atoms with Gasteiger partial charge >= 0.3 is 0 Å². The predicted molar refractivity (Wildman–Crippen MR) is 78.2 cm³/mol. The van der Waals surface area contributed by atoms with E-state index in [1.807, 2.05) is 6.07 Å². The van der Waals surface area contributed by atoms with Crippen LogP contribution in [0.25, 0.3) is 10.8 Å². The average molecular weight is 259 g/mol. The maximum atomic E-state index is 9.44. The molecule has 0 aliphatic heterocycles. The lowest BCUT2D eigenvalue weighted by Crippen LogP contribution is -2.01. The van der Waals surface area contributed by atoms with E-state index in [0.29, 0.717) is 0 Å². The molecule has 1 heterocycles. The Hall–Kier alpha value is -2.73. The van der Waals surface area contributed by atoms with Gasteiger partial charge in [-0.05, 0) is 35.4 Å². The fourth-order valence-corrected chi connectivity index (χ4v) is 2.35. The maximum absolute atomic E-state index is 9.44. The first-order valence-electron chi connectivity index (χ1n) is 6.44. The van der Waals surface area contributed by atoms with E-state index >= 15 is 0 Å². The van der Waals surface area contributed by atoms with Crippen molar-refractivity contribution >= 4 is 10.8 Å². The Bertz CT molecular complexity index is 788. The Morgan fingerprint density at radius 3 is 2.60 bits per heavy atom. The summed E-state index contributed by atoms with van der Waals surface area (Å²) in [4.78, 5) is 8.08. The van der Waals surface area contributed by atoms with Gasteiger partial charge in [-0.2, -0.15) is 5.26 Å². The van der Waals surface area contributed by atoms with Gasteiger partial charge < -0.3 is 0 Å². The number of hydrogen-bond acceptors (Lipinski definition) is 3. The molecule has 20 heavy (non-hydrogen) atoms. The van der Waals surface area contributed by atoms with Crippen LogP contribution in [0.15, 0.2) is 55.0 Å². The molecule has 1 aromatic heterocycles. The van der Waals surface area contributed by atoms with E-state index in [1.165, 1.54) is 17.3 Å². The van der Waals surface area contributed by atoms with Gasteiger partial charge in [0.2, 0.25) is 0 Å². The van der Waals surface area contributed by atoms with Crippen molar-refractivity contribution in [2.24, 2.45) is 0 Å². The van der Waals surface area contributed by atoms with Gasteiger partial charge in [-0.25, -0.2) is 9.97 Å². The van der Waals surface area contributed by atoms with E-state index < -0.39 is 0 Å². The first-order chi connectivity index (χ1) is 9.78. The normalized spacial score (nSPS) is 12.0. The molecule has 0 saturated carbocycles. The number of fused-ring (bicyclic) bond motifs is 1. The Morgan fingerprint density at radius 2 is 1.85 bits per heavy atom. The lowest BCUT2D eigenvalue weighted by atomic mass is 9.94. The Kier molecular flexibility index (Phi) is 3.14. The smallest absolute Gasteiger partial charge is 0.115 e. The molecule has 3 rings (SSSR count). The Morgan fingerprint density at radius 1 is 1.05 bits per heavy atom. The average Bonchev–Trinajstić information content (AvgIpc) is 2.49. The molecule has 0 saturated heterocycles. The van der Waals surface area contributed by atoms with Crippen LogP contribution in [0.5, 0.6) is 0 Å². The highest BCUT2D eigenvalue weighted by Crippen LogP contribution is 2.26. The molecular weight excluding hydrogens is 246 g/mol. The van der Waals surface area contributed by atoms with Gasteiger partial charge in [0.1, 0.15) is 12.2 Å². The van der Waals surface area contributed by atoms with E-state index in [2.05, 4.69) is 53.3 Å². The molecule has 0 radical (unpaired) electrons. The van der Waals surface area contributed by atoms with E-state index in [-0.39, 0.29) is 5.92 Å². The minimum atomic E-state index is -0.358. The lowest BCUT2D eigenvalue weighted by Gasteiger charge is -2.10. The van der Waals surface area contributed by atoms with Gasteiger partial charge in [0.25, 0.3) is 0 Å². The highest BCUT2D eigenvalue weighted by Gasteiger charge is 2.14. The molecule has 0 spiro atoms. The van der Waals surface area contributed by atoms with Crippen LogP contribution >= 0.6 is 0 Å². The fraction of sp³-hybridized carbons (Fsp3) is 0.118. The Balaban J connectivity index is 2.09. The summed E-state index contributed by atoms with van der Waals surface area (Å²) in [6.45, 7) is 2.08. The third kappa shape index (κ3) is 2.24. The summed E-state index contributed by atoms with van der Waals surface area (Å²) in [5.41, 5.74) is 2.93. The molecule has 3 nitrogen and oxygen atoms in total. The van der Waals surface area contributed by atoms with E-state index in [0.717, 1.165) is 16.6 Å². The molecule has 0 N–H and O–H groups in total. The number of benzene rings is 2. The maximum Gasteiger partial charge on any atom is 0.115 e. The zero-order valence-corrected chi connectivity index (χ0v) is 11.1. The van der Waals surface area contributed by atoms with Crippen molar-refractivity contribution in [3.63, 3.8) is 0 Å². The third-order valence-electron chi connectivity index (χ3n) is 3.38. The van der Waals surface area contributed by atoms with Crippen LogP contribution in [0.1, 0.15) is 22.7 Å². The van der Waals surface area contributed by atoms with Crippen molar-refractivity contribution in [2.45, 2.75) is 12.8 Å². The second-order valence-corrected chi connectivity index (χ2v) is 4.81. The summed E-state index contributed by atoms with van der Waals surface area (Å²) in [5, 5.41) is 11.8. The number of aryl methyl sites for hydroxylation is 1. The fourth-order valence-electron chi connectivity index (χ4n) is 2.35. The molecule has 0 aliphatic carbocycles. The molecular formula is C17H13N3. The van der Waals surface area contributed by atoms with Crippen molar-refractivity contribution < 1.29 is 0 Å². The monoisotopic (exact) mass is 259 g/mol. The molecule has 0 fully saturated rings. The zero-order chi connectivity index (χ0) is 13.9. The summed E-state index contributed by atoms with van der Waals surface area (Å²) >= 11 is 0. The SMILES string of the molecule is Cc1ccc2cc(C(C#N)c3ccncn3)ccc2c1. The summed E-state index contributed by atoms with van der Waals surface area (Å²) < 4.78 is 0. The largest absolute Gasteiger partial charge is 0.245 e. The summed E-state index contributed by atoms with van der Waals surface area (Å²) in [6, 6.07) is 16.5. The van der Waals surface area contributed by atoms with Crippen LogP contribution in [-0.4, -0.2) is 9.97 Å². The van der Waals surface area contributed by atoms with Crippen LogP contribution in [0.3, 0.4) is 0 Å². The molecule has 3 aromatic rings. The van der Waals surface area contributed by atoms with Crippen molar-refractivity contribution in [2.75, 3.05) is 0 Å². The number of rotatable bonds is 2.